The van der Waals surface area contributed by atoms with E-state index in [0.717, 1.165) is 60.6 Å². The van der Waals surface area contributed by atoms with E-state index in [9.17, 15) is 8.42 Å². The van der Waals surface area contributed by atoms with Gasteiger partial charge in [-0.2, -0.15) is 0 Å². The predicted octanol–water partition coefficient (Wildman–Crippen LogP) is 3.81. The molecule has 10 heteroatoms. The number of hydrogen-bond acceptors (Lipinski definition) is 6. The highest BCUT2D eigenvalue weighted by Crippen LogP contribution is 2.31. The van der Waals surface area contributed by atoms with E-state index in [1.165, 1.54) is 7.11 Å². The third-order valence-electron chi connectivity index (χ3n) is 5.90. The number of anilines is 1. The quantitative estimate of drug-likeness (QED) is 0.449. The highest BCUT2D eigenvalue weighted by Gasteiger charge is 2.20. The van der Waals surface area contributed by atoms with Crippen molar-refractivity contribution in [1.29, 1.82) is 0 Å². The number of likely N-dealkylation sites (N-methyl/N-ethyl adjacent to an activating group) is 1. The van der Waals surface area contributed by atoms with Crippen molar-refractivity contribution in [1.82, 2.24) is 14.6 Å². The molecule has 0 unspecified atom stereocenters. The van der Waals surface area contributed by atoms with Gasteiger partial charge < -0.3 is 14.5 Å². The molecule has 0 aliphatic carbocycles. The largest absolute Gasteiger partial charge is 0.383 e. The maximum atomic E-state index is 12.4. The molecule has 2 aromatic carbocycles. The van der Waals surface area contributed by atoms with Gasteiger partial charge in [0, 0.05) is 50.8 Å². The van der Waals surface area contributed by atoms with Gasteiger partial charge in [0.05, 0.1) is 17.2 Å². The fourth-order valence-corrected chi connectivity index (χ4v) is 5.02. The van der Waals surface area contributed by atoms with Gasteiger partial charge in [-0.05, 0) is 30.1 Å². The average molecular weight is 528 g/mol. The molecule has 0 saturated carbocycles. The Morgan fingerprint density at radius 2 is 1.68 bits per heavy atom. The Labute approximate surface area is 214 Å². The molecule has 4 rings (SSSR count). The molecule has 0 atom stereocenters. The first-order valence-electron chi connectivity index (χ1n) is 11.0. The summed E-state index contributed by atoms with van der Waals surface area (Å²) in [6.07, 6.45) is 0. The second-order valence-electron chi connectivity index (χ2n) is 7.89. The predicted molar refractivity (Wildman–Crippen MR) is 143 cm³/mol. The summed E-state index contributed by atoms with van der Waals surface area (Å²) in [5.74, 6) is 0.992. The van der Waals surface area contributed by atoms with Crippen molar-refractivity contribution in [2.75, 3.05) is 57.9 Å². The normalized spacial score (nSPS) is 14.5. The number of halogens is 2. The third-order valence-corrected chi connectivity index (χ3v) is 7.37. The van der Waals surface area contributed by atoms with Crippen molar-refractivity contribution < 1.29 is 13.2 Å². The number of ether oxygens (including phenoxy) is 1. The summed E-state index contributed by atoms with van der Waals surface area (Å²) in [6, 6.07) is 17.3. The lowest BCUT2D eigenvalue weighted by atomic mass is 10.1. The molecule has 2 heterocycles. The number of hydrogen-bond donors (Lipinski definition) is 1. The smallest absolute Gasteiger partial charge is 0.240 e. The highest BCUT2D eigenvalue weighted by molar-refractivity contribution is 7.89. The topological polar surface area (TPSA) is 74.8 Å². The number of fused-ring (bicyclic) bond motifs is 1. The molecular formula is C24H32Cl2N4O3S. The summed E-state index contributed by atoms with van der Waals surface area (Å²) in [4.78, 5) is 10.1. The summed E-state index contributed by atoms with van der Waals surface area (Å²) >= 11 is 0. The lowest BCUT2D eigenvalue weighted by Crippen LogP contribution is -2.46. The van der Waals surface area contributed by atoms with Gasteiger partial charge in [0.1, 0.15) is 5.82 Å². The van der Waals surface area contributed by atoms with E-state index >= 15 is 0 Å². The monoisotopic (exact) mass is 526 g/mol. The van der Waals surface area contributed by atoms with Gasteiger partial charge >= 0.3 is 0 Å². The summed E-state index contributed by atoms with van der Waals surface area (Å²) < 4.78 is 32.4. The lowest BCUT2D eigenvalue weighted by Gasteiger charge is -2.35. The fourth-order valence-electron chi connectivity index (χ4n) is 4.01. The Morgan fingerprint density at radius 1 is 1.00 bits per heavy atom. The van der Waals surface area contributed by atoms with Crippen molar-refractivity contribution in [3.63, 3.8) is 0 Å². The molecule has 186 valence electrons. The fraction of sp³-hybridized carbons (Fsp3) is 0.375. The number of benzene rings is 2. The molecule has 1 fully saturated rings. The Balaban J connectivity index is 0.00000204. The van der Waals surface area contributed by atoms with Gasteiger partial charge in [-0.15, -0.1) is 24.8 Å². The van der Waals surface area contributed by atoms with Gasteiger partial charge in [0.15, 0.2) is 0 Å². The van der Waals surface area contributed by atoms with Crippen LogP contribution in [0.1, 0.15) is 6.92 Å². The minimum absolute atomic E-state index is 0. The zero-order valence-electron chi connectivity index (χ0n) is 19.4. The maximum Gasteiger partial charge on any atom is 0.240 e. The maximum absolute atomic E-state index is 12.4. The van der Waals surface area contributed by atoms with Gasteiger partial charge in [-0.25, -0.2) is 18.1 Å². The zero-order valence-corrected chi connectivity index (χ0v) is 21.9. The molecule has 7 nitrogen and oxygen atoms in total. The molecule has 0 spiro atoms. The van der Waals surface area contributed by atoms with Gasteiger partial charge in [-0.3, -0.25) is 0 Å². The average Bonchev–Trinajstić information content (AvgIpc) is 2.83. The van der Waals surface area contributed by atoms with Crippen LogP contribution in [0.25, 0.3) is 22.0 Å². The molecular weight excluding hydrogens is 495 g/mol. The Morgan fingerprint density at radius 3 is 2.32 bits per heavy atom. The minimum Gasteiger partial charge on any atom is -0.383 e. The van der Waals surface area contributed by atoms with Crippen LogP contribution in [0.4, 0.5) is 5.82 Å². The second kappa shape index (κ2) is 12.7. The minimum atomic E-state index is -3.56. The van der Waals surface area contributed by atoms with E-state index < -0.39 is 10.0 Å². The number of methoxy groups -OCH3 is 1. The zero-order chi connectivity index (χ0) is 22.6. The number of nitrogens with zero attached hydrogens (tertiary/aromatic N) is 3. The van der Waals surface area contributed by atoms with E-state index in [-0.39, 0.29) is 36.3 Å². The Hall–Kier alpha value is -1.94. The van der Waals surface area contributed by atoms with Crippen LogP contribution < -0.4 is 9.62 Å². The first-order chi connectivity index (χ1) is 15.5. The van der Waals surface area contributed by atoms with Crippen LogP contribution in [0.5, 0.6) is 0 Å². The number of rotatable bonds is 8. The molecule has 1 saturated heterocycles. The van der Waals surface area contributed by atoms with E-state index in [4.69, 9.17) is 9.72 Å². The third kappa shape index (κ3) is 6.38. The standard InChI is InChI=1S/C24H30N4O3S.2ClH/c1-3-27-13-15-28(16-14-27)24-22-7-5-4-6-20(22)18-23(26-24)19-8-10-21(11-9-19)32(29,30)25-12-17-31-2;;/h4-11,18,25H,3,12-17H2,1-2H3;2*1H. The van der Waals surface area contributed by atoms with E-state index in [2.05, 4.69) is 39.6 Å². The van der Waals surface area contributed by atoms with Crippen molar-refractivity contribution in [2.45, 2.75) is 11.8 Å². The van der Waals surface area contributed by atoms with Gasteiger partial charge in [0.25, 0.3) is 0 Å². The van der Waals surface area contributed by atoms with E-state index in [1.54, 1.807) is 12.1 Å². The van der Waals surface area contributed by atoms with Crippen LogP contribution in [-0.4, -0.2) is 71.3 Å². The molecule has 3 aromatic rings. The second-order valence-corrected chi connectivity index (χ2v) is 9.66. The van der Waals surface area contributed by atoms with Gasteiger partial charge in [0.2, 0.25) is 10.0 Å². The van der Waals surface area contributed by atoms with Crippen LogP contribution in [0, 0.1) is 0 Å². The van der Waals surface area contributed by atoms with Crippen LogP contribution >= 0.6 is 24.8 Å². The number of sulfonamides is 1. The highest BCUT2D eigenvalue weighted by atomic mass is 35.5. The number of aromatic nitrogens is 1. The molecule has 0 amide bonds. The van der Waals surface area contributed by atoms with Gasteiger partial charge in [-0.1, -0.05) is 43.3 Å². The van der Waals surface area contributed by atoms with E-state index in [0.29, 0.717) is 6.61 Å². The number of piperazine rings is 1. The molecule has 1 N–H and O–H groups in total. The summed E-state index contributed by atoms with van der Waals surface area (Å²) in [5.41, 5.74) is 1.73. The van der Waals surface area contributed by atoms with Crippen LogP contribution in [0.3, 0.4) is 0 Å². The molecule has 0 radical (unpaired) electrons. The number of nitrogens with one attached hydrogen (secondary N) is 1. The van der Waals surface area contributed by atoms with E-state index in [1.807, 2.05) is 24.3 Å². The van der Waals surface area contributed by atoms with Crippen LogP contribution in [0.2, 0.25) is 0 Å². The van der Waals surface area contributed by atoms with Crippen LogP contribution in [-0.2, 0) is 14.8 Å². The van der Waals surface area contributed by atoms with Crippen molar-refractivity contribution >= 4 is 51.4 Å². The molecule has 1 aromatic heterocycles. The van der Waals surface area contributed by atoms with Crippen molar-refractivity contribution in [3.05, 3.63) is 54.6 Å². The van der Waals surface area contributed by atoms with Crippen molar-refractivity contribution in [2.24, 2.45) is 0 Å². The Bertz CT molecular complexity index is 1170. The number of pyridine rings is 1. The Kier molecular flexibility index (Phi) is 10.5. The summed E-state index contributed by atoms with van der Waals surface area (Å²) in [5, 5.41) is 2.27. The van der Waals surface area contributed by atoms with Crippen LogP contribution in [0.15, 0.2) is 59.5 Å². The lowest BCUT2D eigenvalue weighted by molar-refractivity contribution is 0.204. The molecule has 1 aliphatic heterocycles. The molecule has 1 aliphatic rings. The summed E-state index contributed by atoms with van der Waals surface area (Å²) in [7, 11) is -2.02. The molecule has 0 bridgehead atoms. The first-order valence-corrected chi connectivity index (χ1v) is 12.5. The summed E-state index contributed by atoms with van der Waals surface area (Å²) in [6.45, 7) is 7.77. The van der Waals surface area contributed by atoms with Crippen molar-refractivity contribution in [3.8, 4) is 11.3 Å². The molecule has 34 heavy (non-hydrogen) atoms. The SMILES string of the molecule is CCN1CCN(c2nc(-c3ccc(S(=O)(=O)NCCOC)cc3)cc3ccccc23)CC1.Cl.Cl. The first kappa shape index (κ1) is 28.3.